The van der Waals surface area contributed by atoms with Gasteiger partial charge in [0.1, 0.15) is 11.4 Å². The van der Waals surface area contributed by atoms with Crippen LogP contribution in [0.15, 0.2) is 60.3 Å². The average Bonchev–Trinajstić information content (AvgIpc) is 3.00. The summed E-state index contributed by atoms with van der Waals surface area (Å²) in [5, 5.41) is 0. The molecule has 0 spiro atoms. The zero-order valence-corrected chi connectivity index (χ0v) is 17.8. The molecule has 6 heteroatoms. The summed E-state index contributed by atoms with van der Waals surface area (Å²) in [5.74, 6) is 0.198. The Morgan fingerprint density at radius 3 is 2.30 bits per heavy atom. The van der Waals surface area contributed by atoms with Crippen molar-refractivity contribution in [3.8, 4) is 5.75 Å². The third-order valence-electron chi connectivity index (χ3n) is 4.97. The van der Waals surface area contributed by atoms with Crippen LogP contribution in [0.25, 0.3) is 5.57 Å². The number of hydrogen-bond donors (Lipinski definition) is 0. The minimum absolute atomic E-state index is 0.265. The first-order chi connectivity index (χ1) is 14.6. The molecule has 3 rings (SSSR count). The normalized spacial score (nSPS) is 13.9. The fraction of sp³-hybridized carbons (Fsp3) is 0.333. The number of ether oxygens (including phenoxy) is 2. The van der Waals surface area contributed by atoms with Crippen molar-refractivity contribution in [2.45, 2.75) is 19.9 Å². The van der Waals surface area contributed by atoms with Crippen LogP contribution in [-0.4, -0.2) is 55.5 Å². The van der Waals surface area contributed by atoms with E-state index in [9.17, 15) is 9.59 Å². The topological polar surface area (TPSA) is 59.1 Å². The predicted molar refractivity (Wildman–Crippen MR) is 116 cm³/mol. The van der Waals surface area contributed by atoms with Gasteiger partial charge in [-0.25, -0.2) is 0 Å². The molecule has 0 bridgehead atoms. The predicted octanol–water partition coefficient (Wildman–Crippen LogP) is 3.33. The second kappa shape index (κ2) is 10.1. The fourth-order valence-corrected chi connectivity index (χ4v) is 3.57. The van der Waals surface area contributed by atoms with Gasteiger partial charge in [0.15, 0.2) is 0 Å². The maximum atomic E-state index is 13.2. The summed E-state index contributed by atoms with van der Waals surface area (Å²) in [4.78, 5) is 29.7. The van der Waals surface area contributed by atoms with Gasteiger partial charge in [-0.1, -0.05) is 42.5 Å². The molecule has 6 nitrogen and oxygen atoms in total. The summed E-state index contributed by atoms with van der Waals surface area (Å²) < 4.78 is 10.6. The number of imide groups is 1. The summed E-state index contributed by atoms with van der Waals surface area (Å²) in [6, 6.07) is 17.2. The Morgan fingerprint density at radius 2 is 1.67 bits per heavy atom. The lowest BCUT2D eigenvalue weighted by atomic mass is 10.0. The zero-order valence-electron chi connectivity index (χ0n) is 17.8. The molecule has 0 fully saturated rings. The Balaban J connectivity index is 1.95. The highest BCUT2D eigenvalue weighted by atomic mass is 16.5. The zero-order chi connectivity index (χ0) is 21.5. The number of rotatable bonds is 10. The number of nitrogens with zero attached hydrogens (tertiary/aromatic N) is 2. The maximum Gasteiger partial charge on any atom is 0.277 e. The number of carbonyl (C=O) groups excluding carboxylic acids is 2. The highest BCUT2D eigenvalue weighted by molar-refractivity contribution is 6.35. The van der Waals surface area contributed by atoms with E-state index in [0.29, 0.717) is 49.6 Å². The third-order valence-corrected chi connectivity index (χ3v) is 4.97. The van der Waals surface area contributed by atoms with Gasteiger partial charge >= 0.3 is 0 Å². The molecule has 1 aliphatic rings. The standard InChI is InChI=1S/C24H28N2O4/c1-4-30-20-13-11-19(12-14-20)21-22(25(2)17-18-9-6-5-7-10-18)24(28)26(23(21)27)15-8-16-29-3/h5-7,9-14H,4,8,15-17H2,1-3H3. The molecule has 30 heavy (non-hydrogen) atoms. The number of likely N-dealkylation sites (N-methyl/N-ethyl adjacent to an activating group) is 1. The van der Waals surface area contributed by atoms with Crippen LogP contribution in [0.2, 0.25) is 0 Å². The second-order valence-corrected chi connectivity index (χ2v) is 7.13. The number of hydrogen-bond acceptors (Lipinski definition) is 5. The molecule has 0 saturated heterocycles. The molecular weight excluding hydrogens is 380 g/mol. The van der Waals surface area contributed by atoms with E-state index in [1.165, 1.54) is 4.90 Å². The minimum atomic E-state index is -0.268. The van der Waals surface area contributed by atoms with Gasteiger partial charge < -0.3 is 14.4 Å². The van der Waals surface area contributed by atoms with Gasteiger partial charge in [-0.05, 0) is 36.6 Å². The van der Waals surface area contributed by atoms with Crippen LogP contribution in [0, 0.1) is 0 Å². The van der Waals surface area contributed by atoms with Crippen LogP contribution in [0.1, 0.15) is 24.5 Å². The summed E-state index contributed by atoms with van der Waals surface area (Å²) >= 11 is 0. The summed E-state index contributed by atoms with van der Waals surface area (Å²) in [7, 11) is 3.46. The van der Waals surface area contributed by atoms with Crippen molar-refractivity contribution in [1.82, 2.24) is 9.80 Å². The van der Waals surface area contributed by atoms with Gasteiger partial charge in [0, 0.05) is 33.9 Å². The molecule has 0 N–H and O–H groups in total. The van der Waals surface area contributed by atoms with Gasteiger partial charge in [0.2, 0.25) is 0 Å². The Hall–Kier alpha value is -3.12. The molecule has 0 aliphatic carbocycles. The SMILES string of the molecule is CCOc1ccc(C2=C(N(C)Cc3ccccc3)C(=O)N(CCCOC)C2=O)cc1. The average molecular weight is 408 g/mol. The van der Waals surface area contributed by atoms with Crippen molar-refractivity contribution in [1.29, 1.82) is 0 Å². The lowest BCUT2D eigenvalue weighted by molar-refractivity contribution is -0.137. The molecule has 0 unspecified atom stereocenters. The van der Waals surface area contributed by atoms with E-state index < -0.39 is 0 Å². The maximum absolute atomic E-state index is 13.2. The van der Waals surface area contributed by atoms with Crippen LogP contribution >= 0.6 is 0 Å². The van der Waals surface area contributed by atoms with Crippen molar-refractivity contribution < 1.29 is 19.1 Å². The quantitative estimate of drug-likeness (QED) is 0.446. The molecule has 0 atom stereocenters. The van der Waals surface area contributed by atoms with Crippen molar-refractivity contribution in [2.75, 3.05) is 33.9 Å². The van der Waals surface area contributed by atoms with E-state index in [2.05, 4.69) is 0 Å². The summed E-state index contributed by atoms with van der Waals surface area (Å²) in [6.45, 7) is 3.84. The first-order valence-electron chi connectivity index (χ1n) is 10.1. The monoisotopic (exact) mass is 408 g/mol. The van der Waals surface area contributed by atoms with Gasteiger partial charge in [-0.2, -0.15) is 0 Å². The van der Waals surface area contributed by atoms with Gasteiger partial charge in [0.25, 0.3) is 11.8 Å². The molecule has 2 amide bonds. The highest BCUT2D eigenvalue weighted by Gasteiger charge is 2.40. The van der Waals surface area contributed by atoms with Gasteiger partial charge in [-0.3, -0.25) is 14.5 Å². The first-order valence-corrected chi connectivity index (χ1v) is 10.1. The molecule has 1 aliphatic heterocycles. The summed E-state index contributed by atoms with van der Waals surface area (Å²) in [6.07, 6.45) is 0.597. The summed E-state index contributed by atoms with van der Waals surface area (Å²) in [5.41, 5.74) is 2.63. The molecule has 2 aromatic rings. The Labute approximate surface area is 177 Å². The van der Waals surface area contributed by atoms with Crippen molar-refractivity contribution >= 4 is 17.4 Å². The third kappa shape index (κ3) is 4.71. The Morgan fingerprint density at radius 1 is 0.967 bits per heavy atom. The van der Waals surface area contributed by atoms with Crippen molar-refractivity contribution in [3.05, 3.63) is 71.4 Å². The second-order valence-electron chi connectivity index (χ2n) is 7.13. The molecular formula is C24H28N2O4. The fourth-order valence-electron chi connectivity index (χ4n) is 3.57. The van der Waals surface area contributed by atoms with Gasteiger partial charge in [0.05, 0.1) is 12.2 Å². The molecule has 2 aromatic carbocycles. The Kier molecular flexibility index (Phi) is 7.25. The van der Waals surface area contributed by atoms with E-state index in [-0.39, 0.29) is 11.8 Å². The molecule has 0 radical (unpaired) electrons. The first kappa shape index (κ1) is 21.6. The van der Waals surface area contributed by atoms with E-state index in [1.807, 2.05) is 73.5 Å². The lowest BCUT2D eigenvalue weighted by Crippen LogP contribution is -2.35. The van der Waals surface area contributed by atoms with E-state index in [4.69, 9.17) is 9.47 Å². The smallest absolute Gasteiger partial charge is 0.277 e. The lowest BCUT2D eigenvalue weighted by Gasteiger charge is -2.21. The molecule has 158 valence electrons. The minimum Gasteiger partial charge on any atom is -0.494 e. The van der Waals surface area contributed by atoms with E-state index in [0.717, 1.165) is 11.3 Å². The highest BCUT2D eigenvalue weighted by Crippen LogP contribution is 2.32. The number of benzene rings is 2. The van der Waals surface area contributed by atoms with E-state index >= 15 is 0 Å². The van der Waals surface area contributed by atoms with Crippen LogP contribution < -0.4 is 4.74 Å². The Bertz CT molecular complexity index is 907. The van der Waals surface area contributed by atoms with Gasteiger partial charge in [-0.15, -0.1) is 0 Å². The van der Waals surface area contributed by atoms with Crippen LogP contribution in [-0.2, 0) is 20.9 Å². The van der Waals surface area contributed by atoms with Crippen LogP contribution in [0.3, 0.4) is 0 Å². The van der Waals surface area contributed by atoms with E-state index in [1.54, 1.807) is 7.11 Å². The van der Waals surface area contributed by atoms with Crippen LogP contribution in [0.4, 0.5) is 0 Å². The van der Waals surface area contributed by atoms with Crippen LogP contribution in [0.5, 0.6) is 5.75 Å². The molecule has 1 heterocycles. The molecule has 0 aromatic heterocycles. The molecule has 0 saturated carbocycles. The van der Waals surface area contributed by atoms with Crippen molar-refractivity contribution in [3.63, 3.8) is 0 Å². The number of methoxy groups -OCH3 is 1. The largest absolute Gasteiger partial charge is 0.494 e. The number of amides is 2. The number of carbonyl (C=O) groups is 2. The van der Waals surface area contributed by atoms with Crippen molar-refractivity contribution in [2.24, 2.45) is 0 Å².